The minimum atomic E-state index is -4.11. The molecule has 0 radical (unpaired) electrons. The average molecular weight is 393 g/mol. The average Bonchev–Trinajstić information content (AvgIpc) is 2.89. The molecular formula is C13H20N3O9P. The third kappa shape index (κ3) is 3.97. The highest BCUT2D eigenvalue weighted by atomic mass is 31.2. The Balaban J connectivity index is 1.67. The SMILES string of the molecule is O=c1ccn(C2OC(COP(=O)(O)N3CCOCC3)C(O)C2O)c(=O)[nH]1. The van der Waals surface area contributed by atoms with E-state index in [9.17, 15) is 29.3 Å². The molecule has 5 unspecified atom stereocenters. The zero-order valence-corrected chi connectivity index (χ0v) is 14.5. The number of aliphatic hydroxyl groups excluding tert-OH is 2. The van der Waals surface area contributed by atoms with E-state index in [1.54, 1.807) is 0 Å². The van der Waals surface area contributed by atoms with Gasteiger partial charge < -0.3 is 24.6 Å². The Bertz CT molecular complexity index is 790. The van der Waals surface area contributed by atoms with E-state index in [2.05, 4.69) is 0 Å². The first kappa shape index (κ1) is 19.4. The van der Waals surface area contributed by atoms with Gasteiger partial charge in [0.25, 0.3) is 5.56 Å². The van der Waals surface area contributed by atoms with Crippen LogP contribution in [0.1, 0.15) is 6.23 Å². The van der Waals surface area contributed by atoms with Crippen LogP contribution in [0.2, 0.25) is 0 Å². The maximum absolute atomic E-state index is 12.3. The zero-order valence-electron chi connectivity index (χ0n) is 13.6. The van der Waals surface area contributed by atoms with Crippen molar-refractivity contribution in [2.24, 2.45) is 0 Å². The van der Waals surface area contributed by atoms with Gasteiger partial charge in [0.2, 0.25) is 0 Å². The fraction of sp³-hybridized carbons (Fsp3) is 0.692. The maximum atomic E-state index is 12.3. The molecule has 5 atom stereocenters. The monoisotopic (exact) mass is 393 g/mol. The number of nitrogens with zero attached hydrogens (tertiary/aromatic N) is 2. The lowest BCUT2D eigenvalue weighted by Crippen LogP contribution is -2.38. The van der Waals surface area contributed by atoms with Gasteiger partial charge in [0, 0.05) is 25.4 Å². The Labute approximate surface area is 147 Å². The lowest BCUT2D eigenvalue weighted by atomic mass is 10.1. The first-order valence-electron chi connectivity index (χ1n) is 7.93. The number of rotatable bonds is 5. The molecule has 1 aromatic heterocycles. The molecule has 0 aliphatic carbocycles. The minimum absolute atomic E-state index is 0.222. The summed E-state index contributed by atoms with van der Waals surface area (Å²) in [6.07, 6.45) is -4.24. The number of hydrogen-bond acceptors (Lipinski definition) is 8. The van der Waals surface area contributed by atoms with E-state index < -0.39 is 50.1 Å². The Hall–Kier alpha value is -1.37. The van der Waals surface area contributed by atoms with E-state index in [0.717, 1.165) is 16.8 Å². The third-order valence-electron chi connectivity index (χ3n) is 4.21. The van der Waals surface area contributed by atoms with Crippen LogP contribution in [0.25, 0.3) is 0 Å². The van der Waals surface area contributed by atoms with E-state index in [0.29, 0.717) is 13.2 Å². The van der Waals surface area contributed by atoms with Gasteiger partial charge in [-0.25, -0.2) is 14.0 Å². The van der Waals surface area contributed by atoms with Gasteiger partial charge in [-0.05, 0) is 0 Å². The zero-order chi connectivity index (χ0) is 18.9. The molecule has 146 valence electrons. The number of aliphatic hydroxyl groups is 2. The molecule has 0 saturated carbocycles. The fourth-order valence-electron chi connectivity index (χ4n) is 2.78. The summed E-state index contributed by atoms with van der Waals surface area (Å²) in [5.41, 5.74) is -1.44. The first-order chi connectivity index (χ1) is 12.3. The Kier molecular flexibility index (Phi) is 5.75. The summed E-state index contributed by atoms with van der Waals surface area (Å²) in [7, 11) is -4.11. The van der Waals surface area contributed by atoms with Gasteiger partial charge in [0.05, 0.1) is 19.8 Å². The molecule has 1 aromatic rings. The predicted octanol–water partition coefficient (Wildman–Crippen LogP) is -2.39. The summed E-state index contributed by atoms with van der Waals surface area (Å²) in [5, 5.41) is 20.2. The minimum Gasteiger partial charge on any atom is -0.387 e. The van der Waals surface area contributed by atoms with Crippen molar-refractivity contribution in [2.45, 2.75) is 24.5 Å². The molecule has 12 nitrogen and oxygen atoms in total. The molecule has 4 N–H and O–H groups in total. The van der Waals surface area contributed by atoms with Crippen molar-refractivity contribution >= 4 is 7.75 Å². The standard InChI is InChI=1S/C13H20N3O9P/c17-9-1-2-16(13(20)14-9)12-11(19)10(18)8(25-12)7-24-26(21,22)15-3-5-23-6-4-15/h1-2,8,10-12,18-19H,3-7H2,(H,21,22)(H,14,17,20). The molecule has 13 heteroatoms. The summed E-state index contributed by atoms with van der Waals surface area (Å²) in [4.78, 5) is 35.0. The van der Waals surface area contributed by atoms with E-state index in [4.69, 9.17) is 14.0 Å². The van der Waals surface area contributed by atoms with Gasteiger partial charge >= 0.3 is 13.4 Å². The molecule has 3 rings (SSSR count). The highest BCUT2D eigenvalue weighted by Crippen LogP contribution is 2.47. The second kappa shape index (κ2) is 7.71. The largest absolute Gasteiger partial charge is 0.405 e. The number of aromatic amines is 1. The second-order valence-electron chi connectivity index (χ2n) is 5.92. The van der Waals surface area contributed by atoms with Crippen LogP contribution in [0.4, 0.5) is 0 Å². The summed E-state index contributed by atoms with van der Waals surface area (Å²) in [6.45, 7) is 0.566. The van der Waals surface area contributed by atoms with Crippen molar-refractivity contribution in [1.29, 1.82) is 0 Å². The molecule has 2 saturated heterocycles. The molecule has 2 fully saturated rings. The lowest BCUT2D eigenvalue weighted by molar-refractivity contribution is -0.0545. The number of aromatic nitrogens is 2. The summed E-state index contributed by atoms with van der Waals surface area (Å²) >= 11 is 0. The topological polar surface area (TPSA) is 164 Å². The van der Waals surface area contributed by atoms with Gasteiger partial charge in [-0.15, -0.1) is 0 Å². The Morgan fingerprint density at radius 2 is 1.96 bits per heavy atom. The van der Waals surface area contributed by atoms with E-state index >= 15 is 0 Å². The number of hydrogen-bond donors (Lipinski definition) is 4. The smallest absolute Gasteiger partial charge is 0.387 e. The molecular weight excluding hydrogens is 373 g/mol. The quantitative estimate of drug-likeness (QED) is 0.397. The van der Waals surface area contributed by atoms with Crippen LogP contribution in [0, 0.1) is 0 Å². The molecule has 0 spiro atoms. The molecule has 0 bridgehead atoms. The molecule has 0 aromatic carbocycles. The summed E-state index contributed by atoms with van der Waals surface area (Å²) < 4.78 is 30.0. The van der Waals surface area contributed by atoms with Crippen LogP contribution < -0.4 is 11.2 Å². The third-order valence-corrected chi connectivity index (χ3v) is 5.81. The Morgan fingerprint density at radius 3 is 2.62 bits per heavy atom. The number of morpholine rings is 1. The van der Waals surface area contributed by atoms with E-state index in [1.165, 1.54) is 4.67 Å². The van der Waals surface area contributed by atoms with Crippen molar-refractivity contribution in [2.75, 3.05) is 32.9 Å². The van der Waals surface area contributed by atoms with Crippen LogP contribution in [-0.4, -0.2) is 80.6 Å². The fourth-order valence-corrected chi connectivity index (χ4v) is 3.96. The highest BCUT2D eigenvalue weighted by Gasteiger charge is 2.45. The van der Waals surface area contributed by atoms with Gasteiger partial charge in [-0.3, -0.25) is 18.9 Å². The van der Waals surface area contributed by atoms with Crippen LogP contribution in [0.5, 0.6) is 0 Å². The highest BCUT2D eigenvalue weighted by molar-refractivity contribution is 7.50. The predicted molar refractivity (Wildman–Crippen MR) is 85.4 cm³/mol. The lowest BCUT2D eigenvalue weighted by Gasteiger charge is -2.30. The van der Waals surface area contributed by atoms with E-state index in [-0.39, 0.29) is 13.1 Å². The molecule has 2 aliphatic rings. The van der Waals surface area contributed by atoms with E-state index in [1.807, 2.05) is 4.98 Å². The molecule has 26 heavy (non-hydrogen) atoms. The first-order valence-corrected chi connectivity index (χ1v) is 9.46. The van der Waals surface area contributed by atoms with Crippen LogP contribution >= 0.6 is 7.75 Å². The van der Waals surface area contributed by atoms with Gasteiger partial charge in [-0.1, -0.05) is 0 Å². The van der Waals surface area contributed by atoms with Crippen LogP contribution in [-0.2, 0) is 18.6 Å². The number of ether oxygens (including phenoxy) is 2. The molecule has 2 aliphatic heterocycles. The normalized spacial score (nSPS) is 32.4. The Morgan fingerprint density at radius 1 is 1.27 bits per heavy atom. The summed E-state index contributed by atoms with van der Waals surface area (Å²) in [6, 6.07) is 1.06. The van der Waals surface area contributed by atoms with Crippen molar-refractivity contribution in [1.82, 2.24) is 14.2 Å². The van der Waals surface area contributed by atoms with Crippen molar-refractivity contribution in [3.05, 3.63) is 33.1 Å². The van der Waals surface area contributed by atoms with Crippen molar-refractivity contribution in [3.8, 4) is 0 Å². The second-order valence-corrected chi connectivity index (χ2v) is 7.72. The molecule has 3 heterocycles. The number of H-pyrrole nitrogens is 1. The number of nitrogens with one attached hydrogen (secondary N) is 1. The van der Waals surface area contributed by atoms with Crippen molar-refractivity contribution < 1.29 is 33.7 Å². The van der Waals surface area contributed by atoms with Crippen molar-refractivity contribution in [3.63, 3.8) is 0 Å². The van der Waals surface area contributed by atoms with Gasteiger partial charge in [-0.2, -0.15) is 0 Å². The van der Waals surface area contributed by atoms with Gasteiger partial charge in [0.1, 0.15) is 18.3 Å². The van der Waals surface area contributed by atoms with Crippen LogP contribution in [0.3, 0.4) is 0 Å². The maximum Gasteiger partial charge on any atom is 0.405 e. The van der Waals surface area contributed by atoms with Gasteiger partial charge in [0.15, 0.2) is 6.23 Å². The summed E-state index contributed by atoms with van der Waals surface area (Å²) in [5.74, 6) is 0. The molecule has 0 amide bonds. The van der Waals surface area contributed by atoms with Crippen LogP contribution in [0.15, 0.2) is 21.9 Å².